The van der Waals surface area contributed by atoms with Gasteiger partial charge in [-0.15, -0.1) is 12.3 Å². The fourth-order valence-electron chi connectivity index (χ4n) is 3.48. The summed E-state index contributed by atoms with van der Waals surface area (Å²) in [6.07, 6.45) is 5.68. The van der Waals surface area contributed by atoms with Gasteiger partial charge in [0.2, 0.25) is 5.91 Å². The number of ether oxygens (including phenoxy) is 2. The first-order valence-electron chi connectivity index (χ1n) is 10.6. The summed E-state index contributed by atoms with van der Waals surface area (Å²) in [6.45, 7) is 12.8. The van der Waals surface area contributed by atoms with Crippen LogP contribution in [0, 0.1) is 18.3 Å². The molecule has 1 amide bonds. The number of benzene rings is 1. The fourth-order valence-corrected chi connectivity index (χ4v) is 4.91. The van der Waals surface area contributed by atoms with Crippen molar-refractivity contribution in [2.24, 2.45) is 5.92 Å². The lowest BCUT2D eigenvalue weighted by molar-refractivity contribution is -0.170. The van der Waals surface area contributed by atoms with E-state index in [9.17, 15) is 9.59 Å². The second-order valence-electron chi connectivity index (χ2n) is 9.56. The Bertz CT molecular complexity index is 822. The van der Waals surface area contributed by atoms with Crippen LogP contribution in [0.25, 0.3) is 0 Å². The molecule has 1 aromatic carbocycles. The van der Waals surface area contributed by atoms with Gasteiger partial charge in [0.05, 0.1) is 25.2 Å². The van der Waals surface area contributed by atoms with Gasteiger partial charge >= 0.3 is 5.97 Å². The lowest BCUT2D eigenvalue weighted by atomic mass is 9.81. The Morgan fingerprint density at radius 1 is 1.26 bits per heavy atom. The van der Waals surface area contributed by atoms with Crippen molar-refractivity contribution in [2.45, 2.75) is 71.0 Å². The van der Waals surface area contributed by atoms with Crippen LogP contribution in [0.3, 0.4) is 0 Å². The van der Waals surface area contributed by atoms with Gasteiger partial charge in [-0.3, -0.25) is 9.59 Å². The first-order chi connectivity index (χ1) is 14.4. The van der Waals surface area contributed by atoms with Crippen LogP contribution in [0.15, 0.2) is 24.3 Å². The van der Waals surface area contributed by atoms with Gasteiger partial charge in [0.15, 0.2) is 8.32 Å². The molecule has 0 radical (unpaired) electrons. The SMILES string of the molecule is C#CC[C@H]1[C@@H]([C@H](C)O[Si](C)(C)C(C)(C)C)C(=O)N1CC(=O)OCc1ccc(OC)cc1. The molecule has 31 heavy (non-hydrogen) atoms. The Kier molecular flexibility index (Phi) is 7.96. The van der Waals surface area contributed by atoms with Crippen molar-refractivity contribution in [3.8, 4) is 18.1 Å². The van der Waals surface area contributed by atoms with Gasteiger partial charge in [-0.1, -0.05) is 32.9 Å². The maximum absolute atomic E-state index is 12.9. The average Bonchev–Trinajstić information content (AvgIpc) is 2.69. The van der Waals surface area contributed by atoms with E-state index < -0.39 is 14.3 Å². The van der Waals surface area contributed by atoms with Crippen molar-refractivity contribution in [2.75, 3.05) is 13.7 Å². The maximum Gasteiger partial charge on any atom is 0.325 e. The molecule has 1 fully saturated rings. The van der Waals surface area contributed by atoms with Crippen LogP contribution < -0.4 is 4.74 Å². The van der Waals surface area contributed by atoms with Gasteiger partial charge in [-0.05, 0) is 42.8 Å². The number of carbonyl (C=O) groups excluding carboxylic acids is 2. The van der Waals surface area contributed by atoms with Crippen molar-refractivity contribution in [1.82, 2.24) is 4.90 Å². The summed E-state index contributed by atoms with van der Waals surface area (Å²) in [5.74, 6) is 2.48. The molecular formula is C24H35NO5Si. The predicted molar refractivity (Wildman–Crippen MR) is 123 cm³/mol. The van der Waals surface area contributed by atoms with E-state index in [4.69, 9.17) is 20.3 Å². The summed E-state index contributed by atoms with van der Waals surface area (Å²) >= 11 is 0. The zero-order valence-electron chi connectivity index (χ0n) is 19.7. The average molecular weight is 446 g/mol. The molecular weight excluding hydrogens is 410 g/mol. The van der Waals surface area contributed by atoms with E-state index in [0.29, 0.717) is 6.42 Å². The fraction of sp³-hybridized carbons (Fsp3) is 0.583. The standard InChI is InChI=1S/C24H35NO5Si/c1-9-10-20-22(17(2)30-31(7,8)24(3,4)5)23(27)25(20)15-21(26)29-16-18-11-13-19(28-6)14-12-18/h1,11-14,17,20,22H,10,15-16H2,2-8H3/t17-,20-,22+/m0/s1. The molecule has 3 atom stereocenters. The van der Waals surface area contributed by atoms with Crippen molar-refractivity contribution in [3.05, 3.63) is 29.8 Å². The molecule has 0 aromatic heterocycles. The molecule has 1 aliphatic heterocycles. The summed E-state index contributed by atoms with van der Waals surface area (Å²) in [7, 11) is -0.435. The molecule has 6 nitrogen and oxygen atoms in total. The zero-order chi connectivity index (χ0) is 23.4. The molecule has 1 aliphatic rings. The third kappa shape index (κ3) is 5.90. The number of esters is 1. The van der Waals surface area contributed by atoms with E-state index >= 15 is 0 Å². The third-order valence-corrected chi connectivity index (χ3v) is 10.9. The third-order valence-electron chi connectivity index (χ3n) is 6.36. The van der Waals surface area contributed by atoms with E-state index in [1.807, 2.05) is 19.1 Å². The number of β-lactam (4-membered cyclic amide) rings is 1. The molecule has 0 saturated carbocycles. The molecule has 0 N–H and O–H groups in total. The van der Waals surface area contributed by atoms with Crippen LogP contribution in [0.5, 0.6) is 5.75 Å². The number of hydrogen-bond donors (Lipinski definition) is 0. The molecule has 0 aliphatic carbocycles. The van der Waals surface area contributed by atoms with Gasteiger partial charge in [0.1, 0.15) is 18.9 Å². The summed E-state index contributed by atoms with van der Waals surface area (Å²) in [6, 6.07) is 7.06. The van der Waals surface area contributed by atoms with Gasteiger partial charge in [0, 0.05) is 6.42 Å². The highest BCUT2D eigenvalue weighted by molar-refractivity contribution is 6.74. The van der Waals surface area contributed by atoms with Crippen molar-refractivity contribution in [3.63, 3.8) is 0 Å². The van der Waals surface area contributed by atoms with E-state index in [0.717, 1.165) is 11.3 Å². The first kappa shape index (κ1) is 25.0. The molecule has 170 valence electrons. The lowest BCUT2D eigenvalue weighted by Gasteiger charge is -2.50. The molecule has 0 bridgehead atoms. The largest absolute Gasteiger partial charge is 0.497 e. The second-order valence-corrected chi connectivity index (χ2v) is 14.3. The maximum atomic E-state index is 12.9. The monoisotopic (exact) mass is 445 g/mol. The number of rotatable bonds is 9. The molecule has 1 saturated heterocycles. The smallest absolute Gasteiger partial charge is 0.325 e. The highest BCUT2D eigenvalue weighted by atomic mass is 28.4. The van der Waals surface area contributed by atoms with Gasteiger partial charge in [-0.25, -0.2) is 0 Å². The summed E-state index contributed by atoms with van der Waals surface area (Å²) in [5.41, 5.74) is 0.846. The zero-order valence-corrected chi connectivity index (χ0v) is 20.7. The molecule has 7 heteroatoms. The number of carbonyl (C=O) groups is 2. The number of hydrogen-bond acceptors (Lipinski definition) is 5. The Labute approximate surface area is 187 Å². The summed E-state index contributed by atoms with van der Waals surface area (Å²) < 4.78 is 16.9. The molecule has 0 spiro atoms. The highest BCUT2D eigenvalue weighted by Crippen LogP contribution is 2.40. The van der Waals surface area contributed by atoms with Crippen LogP contribution in [-0.2, 0) is 25.4 Å². The first-order valence-corrected chi connectivity index (χ1v) is 13.5. The molecule has 2 rings (SSSR count). The Balaban J connectivity index is 1.96. The van der Waals surface area contributed by atoms with Crippen molar-refractivity contribution in [1.29, 1.82) is 0 Å². The molecule has 1 heterocycles. The summed E-state index contributed by atoms with van der Waals surface area (Å²) in [5, 5.41) is 0.0423. The van der Waals surface area contributed by atoms with Crippen LogP contribution in [0.2, 0.25) is 18.1 Å². The summed E-state index contributed by atoms with van der Waals surface area (Å²) in [4.78, 5) is 26.8. The Morgan fingerprint density at radius 2 is 1.87 bits per heavy atom. The van der Waals surface area contributed by atoms with E-state index in [-0.39, 0.29) is 42.2 Å². The van der Waals surface area contributed by atoms with E-state index in [1.54, 1.807) is 19.2 Å². The Morgan fingerprint density at radius 3 is 2.39 bits per heavy atom. The minimum atomic E-state index is -2.03. The van der Waals surface area contributed by atoms with Gasteiger partial charge in [-0.2, -0.15) is 0 Å². The molecule has 0 unspecified atom stereocenters. The Hall–Kier alpha value is -2.30. The van der Waals surface area contributed by atoms with Crippen LogP contribution in [0.4, 0.5) is 0 Å². The van der Waals surface area contributed by atoms with Crippen LogP contribution in [-0.4, -0.2) is 50.9 Å². The van der Waals surface area contributed by atoms with Crippen LogP contribution >= 0.6 is 0 Å². The van der Waals surface area contributed by atoms with Crippen LogP contribution in [0.1, 0.15) is 39.7 Å². The van der Waals surface area contributed by atoms with Gasteiger partial charge < -0.3 is 18.8 Å². The van der Waals surface area contributed by atoms with E-state index in [2.05, 4.69) is 39.8 Å². The highest BCUT2D eigenvalue weighted by Gasteiger charge is 2.52. The lowest BCUT2D eigenvalue weighted by Crippen LogP contribution is -2.66. The predicted octanol–water partition coefficient (Wildman–Crippen LogP) is 4.00. The number of nitrogens with zero attached hydrogens (tertiary/aromatic N) is 1. The van der Waals surface area contributed by atoms with E-state index in [1.165, 1.54) is 4.90 Å². The van der Waals surface area contributed by atoms with Crippen molar-refractivity contribution >= 4 is 20.2 Å². The minimum Gasteiger partial charge on any atom is -0.497 e. The molecule has 1 aromatic rings. The van der Waals surface area contributed by atoms with Crippen molar-refractivity contribution < 1.29 is 23.5 Å². The number of terminal acetylenes is 1. The quantitative estimate of drug-likeness (QED) is 0.249. The second kappa shape index (κ2) is 9.88. The number of amides is 1. The topological polar surface area (TPSA) is 65.1 Å². The number of likely N-dealkylation sites (tertiary alicyclic amines) is 1. The minimum absolute atomic E-state index is 0.0423. The normalized spacial score (nSPS) is 19.9. The number of methoxy groups -OCH3 is 1. The van der Waals surface area contributed by atoms with Gasteiger partial charge in [0.25, 0.3) is 0 Å².